The Morgan fingerprint density at radius 1 is 1.25 bits per heavy atom. The number of rotatable bonds is 1. The molecule has 0 saturated carbocycles. The number of anilines is 1. The van der Waals surface area contributed by atoms with Crippen LogP contribution in [0.25, 0.3) is 11.3 Å². The van der Waals surface area contributed by atoms with Crippen molar-refractivity contribution in [1.29, 1.82) is 0 Å². The van der Waals surface area contributed by atoms with E-state index in [-0.39, 0.29) is 11.5 Å². The van der Waals surface area contributed by atoms with Crippen LogP contribution < -0.4 is 5.73 Å². The Kier molecular flexibility index (Phi) is 2.96. The van der Waals surface area contributed by atoms with Crippen molar-refractivity contribution in [3.63, 3.8) is 0 Å². The van der Waals surface area contributed by atoms with E-state index in [1.165, 1.54) is 0 Å². The molecule has 1 aromatic heterocycles. The minimum atomic E-state index is -1.48. The van der Waals surface area contributed by atoms with Crippen molar-refractivity contribution >= 4 is 5.82 Å². The van der Waals surface area contributed by atoms with Gasteiger partial charge in [0.05, 0.1) is 0 Å². The highest BCUT2D eigenvalue weighted by molar-refractivity contribution is 5.71. The molecule has 1 unspecified atom stereocenters. The van der Waals surface area contributed by atoms with Crippen molar-refractivity contribution in [2.45, 2.75) is 32.2 Å². The second-order valence-electron chi connectivity index (χ2n) is 5.15. The van der Waals surface area contributed by atoms with Gasteiger partial charge in [-0.1, -0.05) is 6.92 Å². The summed E-state index contributed by atoms with van der Waals surface area (Å²) in [6, 6.07) is 1.85. The van der Waals surface area contributed by atoms with Crippen LogP contribution in [0.3, 0.4) is 0 Å². The summed E-state index contributed by atoms with van der Waals surface area (Å²) in [4.78, 5) is 4.40. The van der Waals surface area contributed by atoms with Crippen LogP contribution in [0.2, 0.25) is 0 Å². The van der Waals surface area contributed by atoms with Gasteiger partial charge in [-0.05, 0) is 25.0 Å². The summed E-state index contributed by atoms with van der Waals surface area (Å²) in [5.74, 6) is -2.53. The van der Waals surface area contributed by atoms with Crippen LogP contribution in [0.1, 0.15) is 31.5 Å². The molecule has 6 heteroatoms. The molecule has 2 heterocycles. The van der Waals surface area contributed by atoms with E-state index in [0.717, 1.165) is 37.3 Å². The highest BCUT2D eigenvalue weighted by atomic mass is 19.2. The number of benzene rings is 1. The monoisotopic (exact) mass is 281 g/mol. The number of imidazole rings is 1. The molecule has 1 aliphatic heterocycles. The van der Waals surface area contributed by atoms with Gasteiger partial charge in [-0.15, -0.1) is 0 Å². The number of fused-ring (bicyclic) bond motifs is 1. The van der Waals surface area contributed by atoms with E-state index in [1.54, 1.807) is 0 Å². The molecule has 0 spiro atoms. The van der Waals surface area contributed by atoms with Crippen LogP contribution in [0.15, 0.2) is 12.1 Å². The highest BCUT2D eigenvalue weighted by Crippen LogP contribution is 2.35. The van der Waals surface area contributed by atoms with Crippen molar-refractivity contribution < 1.29 is 13.2 Å². The van der Waals surface area contributed by atoms with Crippen molar-refractivity contribution in [2.24, 2.45) is 0 Å². The quantitative estimate of drug-likeness (QED) is 0.814. The smallest absolute Gasteiger partial charge is 0.194 e. The molecule has 2 aromatic rings. The largest absolute Gasteiger partial charge is 0.383 e. The van der Waals surface area contributed by atoms with Gasteiger partial charge in [0.15, 0.2) is 17.5 Å². The molecule has 0 aliphatic carbocycles. The molecule has 1 aliphatic rings. The topological polar surface area (TPSA) is 43.8 Å². The summed E-state index contributed by atoms with van der Waals surface area (Å²) in [7, 11) is 0. The molecule has 20 heavy (non-hydrogen) atoms. The normalized spacial score (nSPS) is 18.1. The summed E-state index contributed by atoms with van der Waals surface area (Å²) in [5.41, 5.74) is 6.49. The van der Waals surface area contributed by atoms with Gasteiger partial charge in [-0.2, -0.15) is 0 Å². The molecule has 0 bridgehead atoms. The summed E-state index contributed by atoms with van der Waals surface area (Å²) < 4.78 is 41.5. The van der Waals surface area contributed by atoms with Crippen LogP contribution in [0, 0.1) is 17.5 Å². The molecule has 0 amide bonds. The van der Waals surface area contributed by atoms with Gasteiger partial charge < -0.3 is 10.3 Å². The van der Waals surface area contributed by atoms with Crippen LogP contribution in [0.4, 0.5) is 19.0 Å². The lowest BCUT2D eigenvalue weighted by Crippen LogP contribution is -2.15. The Labute approximate surface area is 114 Å². The second kappa shape index (κ2) is 4.54. The predicted molar refractivity (Wildman–Crippen MR) is 69.6 cm³/mol. The molecule has 2 N–H and O–H groups in total. The fourth-order valence-corrected chi connectivity index (χ4v) is 2.68. The zero-order chi connectivity index (χ0) is 14.4. The standard InChI is InChI=1S/C14H14F3N3/c1-7-3-2-4-20-13(18)12(19-14(7)20)8-5-9(15)11(17)10(16)6-8/h5-7H,2-4,18H2,1H3. The molecular formula is C14H14F3N3. The van der Waals surface area contributed by atoms with Gasteiger partial charge in [0.1, 0.15) is 17.3 Å². The highest BCUT2D eigenvalue weighted by Gasteiger charge is 2.24. The molecule has 0 radical (unpaired) electrons. The maximum atomic E-state index is 13.3. The number of nitrogens with zero attached hydrogens (tertiary/aromatic N) is 2. The molecule has 106 valence electrons. The van der Waals surface area contributed by atoms with Crippen molar-refractivity contribution in [3.8, 4) is 11.3 Å². The number of hydrogen-bond acceptors (Lipinski definition) is 2. The average molecular weight is 281 g/mol. The minimum Gasteiger partial charge on any atom is -0.383 e. The Morgan fingerprint density at radius 3 is 2.50 bits per heavy atom. The zero-order valence-corrected chi connectivity index (χ0v) is 11.0. The van der Waals surface area contributed by atoms with Crippen LogP contribution in [0.5, 0.6) is 0 Å². The first-order valence-electron chi connectivity index (χ1n) is 6.50. The van der Waals surface area contributed by atoms with Crippen LogP contribution in [-0.2, 0) is 6.54 Å². The maximum Gasteiger partial charge on any atom is 0.194 e. The Morgan fingerprint density at radius 2 is 1.90 bits per heavy atom. The van der Waals surface area contributed by atoms with Crippen LogP contribution >= 0.6 is 0 Å². The number of nitrogen functional groups attached to an aromatic ring is 1. The SMILES string of the molecule is CC1CCCn2c1nc(-c1cc(F)c(F)c(F)c1)c2N. The van der Waals surface area contributed by atoms with Crippen molar-refractivity contribution in [3.05, 3.63) is 35.4 Å². The predicted octanol–water partition coefficient (Wildman–Crippen LogP) is 3.45. The van der Waals surface area contributed by atoms with E-state index in [2.05, 4.69) is 4.98 Å². The summed E-state index contributed by atoms with van der Waals surface area (Å²) in [5, 5.41) is 0. The second-order valence-corrected chi connectivity index (χ2v) is 5.15. The maximum absolute atomic E-state index is 13.3. The fourth-order valence-electron chi connectivity index (χ4n) is 2.68. The zero-order valence-electron chi connectivity index (χ0n) is 11.0. The van der Waals surface area contributed by atoms with Crippen molar-refractivity contribution in [2.75, 3.05) is 5.73 Å². The summed E-state index contributed by atoms with van der Waals surface area (Å²) in [6.45, 7) is 2.78. The Balaban J connectivity index is 2.16. The third-order valence-electron chi connectivity index (χ3n) is 3.75. The molecule has 0 saturated heterocycles. The summed E-state index contributed by atoms with van der Waals surface area (Å²) in [6.07, 6.45) is 1.99. The third-order valence-corrected chi connectivity index (χ3v) is 3.75. The third kappa shape index (κ3) is 1.87. The first-order valence-corrected chi connectivity index (χ1v) is 6.50. The van der Waals surface area contributed by atoms with E-state index in [1.807, 2.05) is 11.5 Å². The first-order chi connectivity index (χ1) is 9.49. The van der Waals surface area contributed by atoms with Crippen molar-refractivity contribution in [1.82, 2.24) is 9.55 Å². The van der Waals surface area contributed by atoms with E-state index in [4.69, 9.17) is 5.73 Å². The summed E-state index contributed by atoms with van der Waals surface area (Å²) >= 11 is 0. The number of nitrogens with two attached hydrogens (primary N) is 1. The molecule has 0 fully saturated rings. The molecular weight excluding hydrogens is 267 g/mol. The molecule has 3 nitrogen and oxygen atoms in total. The molecule has 1 atom stereocenters. The lowest BCUT2D eigenvalue weighted by Gasteiger charge is -2.20. The van der Waals surface area contributed by atoms with Gasteiger partial charge in [-0.3, -0.25) is 0 Å². The van der Waals surface area contributed by atoms with E-state index < -0.39 is 17.5 Å². The van der Waals surface area contributed by atoms with Gasteiger partial charge in [-0.25, -0.2) is 18.2 Å². The lowest BCUT2D eigenvalue weighted by atomic mass is 10.0. The Hall–Kier alpha value is -1.98. The number of halogens is 3. The first kappa shape index (κ1) is 13.0. The Bertz CT molecular complexity index is 656. The number of hydrogen-bond donors (Lipinski definition) is 1. The van der Waals surface area contributed by atoms with Gasteiger partial charge in [0.2, 0.25) is 0 Å². The van der Waals surface area contributed by atoms with E-state index in [9.17, 15) is 13.2 Å². The van der Waals surface area contributed by atoms with Crippen LogP contribution in [-0.4, -0.2) is 9.55 Å². The van der Waals surface area contributed by atoms with Gasteiger partial charge in [0.25, 0.3) is 0 Å². The number of aromatic nitrogens is 2. The lowest BCUT2D eigenvalue weighted by molar-refractivity contribution is 0.447. The van der Waals surface area contributed by atoms with Gasteiger partial charge >= 0.3 is 0 Å². The fraction of sp³-hybridized carbons (Fsp3) is 0.357. The molecule has 1 aromatic carbocycles. The van der Waals surface area contributed by atoms with E-state index >= 15 is 0 Å². The minimum absolute atomic E-state index is 0.160. The average Bonchev–Trinajstić information content (AvgIpc) is 2.75. The van der Waals surface area contributed by atoms with Gasteiger partial charge in [0, 0.05) is 18.0 Å². The molecule has 3 rings (SSSR count). The van der Waals surface area contributed by atoms with E-state index in [0.29, 0.717) is 11.5 Å².